The lowest BCUT2D eigenvalue weighted by Gasteiger charge is -2.08. The van der Waals surface area contributed by atoms with E-state index in [1.807, 2.05) is 13.8 Å². The van der Waals surface area contributed by atoms with Crippen molar-refractivity contribution in [3.63, 3.8) is 0 Å². The minimum Gasteiger partial charge on any atom is -0.452 e. The number of carbonyl (C=O) groups excluding carboxylic acids is 2. The van der Waals surface area contributed by atoms with Gasteiger partial charge in [0.15, 0.2) is 6.61 Å². The van der Waals surface area contributed by atoms with Gasteiger partial charge >= 0.3 is 5.97 Å². The molecule has 0 saturated carbocycles. The number of anilines is 1. The normalized spacial score (nSPS) is 10.3. The van der Waals surface area contributed by atoms with Crippen molar-refractivity contribution in [3.05, 3.63) is 55.3 Å². The third kappa shape index (κ3) is 4.17. The average Bonchev–Trinajstić information content (AvgIpc) is 2.85. The highest BCUT2D eigenvalue weighted by Crippen LogP contribution is 2.22. The third-order valence-corrected chi connectivity index (χ3v) is 4.26. The van der Waals surface area contributed by atoms with Crippen LogP contribution in [0.1, 0.15) is 25.7 Å². The summed E-state index contributed by atoms with van der Waals surface area (Å²) in [7, 11) is 0. The van der Waals surface area contributed by atoms with Crippen molar-refractivity contribution in [2.24, 2.45) is 0 Å². The van der Waals surface area contributed by atoms with Crippen molar-refractivity contribution >= 4 is 34.6 Å². The molecular formula is C16H16N2O5S. The monoisotopic (exact) mass is 348 g/mol. The number of rotatable bonds is 5. The second-order valence-electron chi connectivity index (χ2n) is 5.21. The fourth-order valence-corrected chi connectivity index (χ4v) is 3.04. The summed E-state index contributed by atoms with van der Waals surface area (Å²) in [5.74, 6) is -1.06. The molecule has 2 aromatic rings. The standard InChI is InChI=1S/C16H16N2O5S/c1-9-6-12(18(21)22)4-5-14(9)17-15(19)8-23-16(20)13-7-10(2)24-11(13)3/h4-7H,8H2,1-3H3,(H,17,19). The number of thiophene rings is 1. The predicted octanol–water partition coefficient (Wildman–Crippen LogP) is 3.38. The molecule has 0 aliphatic heterocycles. The number of hydrogen-bond acceptors (Lipinski definition) is 6. The lowest BCUT2D eigenvalue weighted by molar-refractivity contribution is -0.384. The van der Waals surface area contributed by atoms with Crippen molar-refractivity contribution in [2.45, 2.75) is 20.8 Å². The minimum atomic E-state index is -0.549. The summed E-state index contributed by atoms with van der Waals surface area (Å²) in [6.45, 7) is 4.92. The number of benzene rings is 1. The second-order valence-corrected chi connectivity index (χ2v) is 6.67. The van der Waals surface area contributed by atoms with Crippen molar-refractivity contribution in [2.75, 3.05) is 11.9 Å². The highest BCUT2D eigenvalue weighted by atomic mass is 32.1. The van der Waals surface area contributed by atoms with Crippen molar-refractivity contribution in [3.8, 4) is 0 Å². The number of esters is 1. The van der Waals surface area contributed by atoms with Crippen LogP contribution in [0.15, 0.2) is 24.3 Å². The van der Waals surface area contributed by atoms with Gasteiger partial charge in [-0.1, -0.05) is 0 Å². The molecule has 8 heteroatoms. The van der Waals surface area contributed by atoms with Crippen LogP contribution in [0.2, 0.25) is 0 Å². The van der Waals surface area contributed by atoms with Crippen LogP contribution in [0, 0.1) is 30.9 Å². The molecule has 0 aliphatic rings. The van der Waals surface area contributed by atoms with E-state index in [9.17, 15) is 19.7 Å². The number of non-ortho nitro benzene ring substituents is 1. The summed E-state index contributed by atoms with van der Waals surface area (Å²) in [6, 6.07) is 5.82. The topological polar surface area (TPSA) is 98.5 Å². The van der Waals surface area contributed by atoms with Crippen LogP contribution >= 0.6 is 11.3 Å². The van der Waals surface area contributed by atoms with Gasteiger partial charge < -0.3 is 10.1 Å². The first-order chi connectivity index (χ1) is 11.3. The van der Waals surface area contributed by atoms with Crippen LogP contribution < -0.4 is 5.32 Å². The van der Waals surface area contributed by atoms with Gasteiger partial charge in [-0.3, -0.25) is 14.9 Å². The molecule has 1 aromatic carbocycles. The molecule has 1 heterocycles. The summed E-state index contributed by atoms with van der Waals surface area (Å²) < 4.78 is 5.01. The largest absolute Gasteiger partial charge is 0.452 e. The van der Waals surface area contributed by atoms with Gasteiger partial charge in [-0.15, -0.1) is 11.3 Å². The summed E-state index contributed by atoms with van der Waals surface area (Å²) >= 11 is 1.48. The Morgan fingerprint density at radius 2 is 1.96 bits per heavy atom. The maximum Gasteiger partial charge on any atom is 0.339 e. The Morgan fingerprint density at radius 1 is 1.25 bits per heavy atom. The van der Waals surface area contributed by atoms with Crippen LogP contribution in [0.4, 0.5) is 11.4 Å². The SMILES string of the molecule is Cc1cc(C(=O)OCC(=O)Nc2ccc([N+](=O)[O-])cc2C)c(C)s1. The Bertz CT molecular complexity index is 813. The first-order valence-electron chi connectivity index (χ1n) is 7.07. The predicted molar refractivity (Wildman–Crippen MR) is 90.5 cm³/mol. The lowest BCUT2D eigenvalue weighted by Crippen LogP contribution is -2.21. The Labute approximate surface area is 142 Å². The maximum atomic E-state index is 12.0. The molecule has 126 valence electrons. The van der Waals surface area contributed by atoms with Crippen molar-refractivity contribution in [1.29, 1.82) is 0 Å². The Morgan fingerprint density at radius 3 is 2.50 bits per heavy atom. The molecule has 0 radical (unpaired) electrons. The number of nitrogens with one attached hydrogen (secondary N) is 1. The van der Waals surface area contributed by atoms with Gasteiger partial charge in [-0.05, 0) is 38.5 Å². The number of nitro benzene ring substituents is 1. The van der Waals surface area contributed by atoms with E-state index in [-0.39, 0.29) is 5.69 Å². The molecule has 0 fully saturated rings. The van der Waals surface area contributed by atoms with Crippen LogP contribution in [-0.2, 0) is 9.53 Å². The van der Waals surface area contributed by atoms with Gasteiger partial charge in [0, 0.05) is 27.6 Å². The number of nitrogens with zero attached hydrogens (tertiary/aromatic N) is 1. The van der Waals surface area contributed by atoms with Crippen molar-refractivity contribution < 1.29 is 19.2 Å². The first-order valence-corrected chi connectivity index (χ1v) is 7.88. The summed E-state index contributed by atoms with van der Waals surface area (Å²) in [5.41, 5.74) is 1.38. The van der Waals surface area contributed by atoms with E-state index in [1.165, 1.54) is 29.5 Å². The molecule has 0 aliphatic carbocycles. The molecule has 7 nitrogen and oxygen atoms in total. The van der Waals surface area contributed by atoms with Gasteiger partial charge in [0.25, 0.3) is 11.6 Å². The lowest BCUT2D eigenvalue weighted by atomic mass is 10.2. The van der Waals surface area contributed by atoms with Crippen LogP contribution in [-0.4, -0.2) is 23.4 Å². The van der Waals surface area contributed by atoms with Gasteiger partial charge in [0.1, 0.15) is 0 Å². The molecule has 2 rings (SSSR count). The molecule has 0 bridgehead atoms. The average molecular weight is 348 g/mol. The number of hydrogen-bond donors (Lipinski definition) is 1. The summed E-state index contributed by atoms with van der Waals surface area (Å²) in [6.07, 6.45) is 0. The molecule has 0 saturated heterocycles. The van der Waals surface area contributed by atoms with Gasteiger partial charge in [-0.25, -0.2) is 4.79 Å². The minimum absolute atomic E-state index is 0.0553. The van der Waals surface area contributed by atoms with Gasteiger partial charge in [0.2, 0.25) is 0 Å². The zero-order valence-electron chi connectivity index (χ0n) is 13.4. The Hall–Kier alpha value is -2.74. The van der Waals surface area contributed by atoms with E-state index in [1.54, 1.807) is 13.0 Å². The van der Waals surface area contributed by atoms with E-state index < -0.39 is 23.4 Å². The molecule has 1 N–H and O–H groups in total. The number of aryl methyl sites for hydroxylation is 3. The number of carbonyl (C=O) groups is 2. The van der Waals surface area contributed by atoms with Crippen LogP contribution in [0.25, 0.3) is 0 Å². The fourth-order valence-electron chi connectivity index (χ4n) is 2.13. The van der Waals surface area contributed by atoms with Crippen LogP contribution in [0.3, 0.4) is 0 Å². The van der Waals surface area contributed by atoms with E-state index in [0.29, 0.717) is 16.8 Å². The number of ether oxygens (including phenoxy) is 1. The second kappa shape index (κ2) is 7.22. The molecule has 0 atom stereocenters. The molecule has 0 spiro atoms. The molecule has 1 amide bonds. The number of amides is 1. The molecule has 1 aromatic heterocycles. The molecule has 0 unspecified atom stereocenters. The van der Waals surface area contributed by atoms with Gasteiger partial charge in [0.05, 0.1) is 10.5 Å². The zero-order chi connectivity index (χ0) is 17.9. The fraction of sp³-hybridized carbons (Fsp3) is 0.250. The van der Waals surface area contributed by atoms with E-state index in [0.717, 1.165) is 9.75 Å². The van der Waals surface area contributed by atoms with E-state index >= 15 is 0 Å². The van der Waals surface area contributed by atoms with E-state index in [4.69, 9.17) is 4.74 Å². The first kappa shape index (κ1) is 17.6. The maximum absolute atomic E-state index is 12.0. The highest BCUT2D eigenvalue weighted by molar-refractivity contribution is 7.12. The molecular weight excluding hydrogens is 332 g/mol. The van der Waals surface area contributed by atoms with Crippen molar-refractivity contribution in [1.82, 2.24) is 0 Å². The quantitative estimate of drug-likeness (QED) is 0.507. The third-order valence-electron chi connectivity index (χ3n) is 3.29. The Balaban J connectivity index is 1.95. The van der Waals surface area contributed by atoms with Gasteiger partial charge in [-0.2, -0.15) is 0 Å². The Kier molecular flexibility index (Phi) is 5.30. The van der Waals surface area contributed by atoms with Crippen LogP contribution in [0.5, 0.6) is 0 Å². The summed E-state index contributed by atoms with van der Waals surface area (Å²) in [5, 5.41) is 13.3. The summed E-state index contributed by atoms with van der Waals surface area (Å²) in [4.78, 5) is 35.9. The smallest absolute Gasteiger partial charge is 0.339 e. The highest BCUT2D eigenvalue weighted by Gasteiger charge is 2.16. The zero-order valence-corrected chi connectivity index (χ0v) is 14.2. The molecule has 24 heavy (non-hydrogen) atoms. The van der Waals surface area contributed by atoms with E-state index in [2.05, 4.69) is 5.32 Å². The number of nitro groups is 1.